The van der Waals surface area contributed by atoms with Gasteiger partial charge in [-0.25, -0.2) is 4.98 Å². The molecule has 0 saturated carbocycles. The Morgan fingerprint density at radius 1 is 1.26 bits per heavy atom. The van der Waals surface area contributed by atoms with Gasteiger partial charge in [0.25, 0.3) is 0 Å². The minimum Gasteiger partial charge on any atom is -0.383 e. The highest BCUT2D eigenvalue weighted by atomic mass is 32.1. The van der Waals surface area contributed by atoms with Crippen LogP contribution in [0, 0.1) is 6.92 Å². The van der Waals surface area contributed by atoms with E-state index in [2.05, 4.69) is 31.9 Å². The van der Waals surface area contributed by atoms with Gasteiger partial charge >= 0.3 is 0 Å². The number of fused-ring (bicyclic) bond motifs is 1. The molecule has 0 aliphatic heterocycles. The van der Waals surface area contributed by atoms with Gasteiger partial charge in [0.2, 0.25) is 0 Å². The second kappa shape index (κ2) is 5.32. The SMILES string of the molecule is Cc1csc(CCNc2cnnc3ccccc23)n1. The molecule has 0 fully saturated rings. The summed E-state index contributed by atoms with van der Waals surface area (Å²) in [7, 11) is 0. The molecule has 0 unspecified atom stereocenters. The van der Waals surface area contributed by atoms with Crippen LogP contribution in [0.1, 0.15) is 10.7 Å². The van der Waals surface area contributed by atoms with Crippen molar-refractivity contribution in [3.63, 3.8) is 0 Å². The van der Waals surface area contributed by atoms with Crippen molar-refractivity contribution in [1.29, 1.82) is 0 Å². The molecule has 0 amide bonds. The molecule has 0 radical (unpaired) electrons. The van der Waals surface area contributed by atoms with Crippen LogP contribution in [0.3, 0.4) is 0 Å². The Hall–Kier alpha value is -2.01. The first-order chi connectivity index (χ1) is 9.33. The molecule has 1 N–H and O–H groups in total. The third-order valence-corrected chi connectivity index (χ3v) is 3.89. The molecule has 0 aliphatic rings. The highest BCUT2D eigenvalue weighted by molar-refractivity contribution is 7.09. The molecule has 96 valence electrons. The molecule has 0 aliphatic carbocycles. The normalized spacial score (nSPS) is 10.8. The first-order valence-corrected chi connectivity index (χ1v) is 7.06. The van der Waals surface area contributed by atoms with E-state index in [4.69, 9.17) is 0 Å². The van der Waals surface area contributed by atoms with Gasteiger partial charge < -0.3 is 5.32 Å². The van der Waals surface area contributed by atoms with E-state index in [1.807, 2.05) is 25.1 Å². The van der Waals surface area contributed by atoms with Crippen molar-refractivity contribution in [2.24, 2.45) is 0 Å². The fourth-order valence-corrected chi connectivity index (χ4v) is 2.75. The first-order valence-electron chi connectivity index (χ1n) is 6.18. The van der Waals surface area contributed by atoms with Crippen LogP contribution in [0.4, 0.5) is 5.69 Å². The average molecular weight is 270 g/mol. The second-order valence-electron chi connectivity index (χ2n) is 4.33. The van der Waals surface area contributed by atoms with E-state index < -0.39 is 0 Å². The van der Waals surface area contributed by atoms with Crippen LogP contribution in [-0.2, 0) is 6.42 Å². The zero-order valence-electron chi connectivity index (χ0n) is 10.6. The fourth-order valence-electron chi connectivity index (χ4n) is 1.97. The first kappa shape index (κ1) is 12.0. The lowest BCUT2D eigenvalue weighted by Gasteiger charge is -2.07. The van der Waals surface area contributed by atoms with E-state index in [0.717, 1.165) is 40.3 Å². The van der Waals surface area contributed by atoms with Crippen LogP contribution in [0.25, 0.3) is 10.9 Å². The highest BCUT2D eigenvalue weighted by Crippen LogP contribution is 2.19. The molecule has 19 heavy (non-hydrogen) atoms. The molecule has 5 heteroatoms. The van der Waals surface area contributed by atoms with Crippen LogP contribution in [-0.4, -0.2) is 21.7 Å². The Bertz CT molecular complexity index is 687. The summed E-state index contributed by atoms with van der Waals surface area (Å²) >= 11 is 1.71. The maximum atomic E-state index is 4.45. The largest absolute Gasteiger partial charge is 0.383 e. The predicted molar refractivity (Wildman–Crippen MR) is 78.6 cm³/mol. The van der Waals surface area contributed by atoms with Crippen molar-refractivity contribution in [3.05, 3.63) is 46.5 Å². The number of hydrogen-bond acceptors (Lipinski definition) is 5. The van der Waals surface area contributed by atoms with E-state index >= 15 is 0 Å². The minimum absolute atomic E-state index is 0.850. The summed E-state index contributed by atoms with van der Waals surface area (Å²) in [6, 6.07) is 8.01. The maximum Gasteiger partial charge on any atom is 0.0950 e. The number of rotatable bonds is 4. The van der Waals surface area contributed by atoms with Gasteiger partial charge in [-0.2, -0.15) is 10.2 Å². The van der Waals surface area contributed by atoms with Crippen molar-refractivity contribution >= 4 is 27.9 Å². The molecular formula is C14H14N4S. The molecule has 0 saturated heterocycles. The Morgan fingerprint density at radius 3 is 3.00 bits per heavy atom. The summed E-state index contributed by atoms with van der Waals surface area (Å²) in [6.07, 6.45) is 2.70. The van der Waals surface area contributed by atoms with E-state index in [9.17, 15) is 0 Å². The summed E-state index contributed by atoms with van der Waals surface area (Å²) in [5, 5.41) is 15.9. The molecule has 1 aromatic carbocycles. The number of thiazole rings is 1. The molecule has 0 bridgehead atoms. The number of aromatic nitrogens is 3. The highest BCUT2D eigenvalue weighted by Gasteiger charge is 2.02. The lowest BCUT2D eigenvalue weighted by Crippen LogP contribution is -2.06. The quantitative estimate of drug-likeness (QED) is 0.791. The predicted octanol–water partition coefficient (Wildman–Crippen LogP) is 3.05. The lowest BCUT2D eigenvalue weighted by molar-refractivity contribution is 0.981. The van der Waals surface area contributed by atoms with Crippen LogP contribution < -0.4 is 5.32 Å². The van der Waals surface area contributed by atoms with Gasteiger partial charge in [0.1, 0.15) is 0 Å². The number of hydrogen-bond donors (Lipinski definition) is 1. The third kappa shape index (κ3) is 2.71. The van der Waals surface area contributed by atoms with E-state index in [1.54, 1.807) is 17.5 Å². The van der Waals surface area contributed by atoms with Gasteiger partial charge in [-0.3, -0.25) is 0 Å². The minimum atomic E-state index is 0.850. The molecular weight excluding hydrogens is 256 g/mol. The lowest BCUT2D eigenvalue weighted by atomic mass is 10.2. The summed E-state index contributed by atoms with van der Waals surface area (Å²) in [4.78, 5) is 4.45. The second-order valence-corrected chi connectivity index (χ2v) is 5.28. The standard InChI is InChI=1S/C14H14N4S/c1-10-9-19-14(17-10)6-7-15-13-8-16-18-12-5-3-2-4-11(12)13/h2-5,8-9H,6-7H2,1H3,(H,15,18). The molecule has 0 atom stereocenters. The number of nitrogens with zero attached hydrogens (tertiary/aromatic N) is 3. The number of anilines is 1. The average Bonchev–Trinajstić information content (AvgIpc) is 2.85. The van der Waals surface area contributed by atoms with Gasteiger partial charge in [0, 0.05) is 29.4 Å². The number of aryl methyl sites for hydroxylation is 1. The van der Waals surface area contributed by atoms with Crippen LogP contribution >= 0.6 is 11.3 Å². The van der Waals surface area contributed by atoms with E-state index in [1.165, 1.54) is 0 Å². The maximum absolute atomic E-state index is 4.45. The summed E-state index contributed by atoms with van der Waals surface area (Å²) in [5.74, 6) is 0. The van der Waals surface area contributed by atoms with Gasteiger partial charge in [0.15, 0.2) is 0 Å². The molecule has 2 aromatic heterocycles. The Kier molecular flexibility index (Phi) is 3.37. The molecule has 3 rings (SSSR count). The molecule has 2 heterocycles. The fraction of sp³-hybridized carbons (Fsp3) is 0.214. The van der Waals surface area contributed by atoms with E-state index in [0.29, 0.717) is 0 Å². The monoisotopic (exact) mass is 270 g/mol. The third-order valence-electron chi connectivity index (χ3n) is 2.87. The van der Waals surface area contributed by atoms with Crippen molar-refractivity contribution in [1.82, 2.24) is 15.2 Å². The van der Waals surface area contributed by atoms with Crippen molar-refractivity contribution in [2.75, 3.05) is 11.9 Å². The van der Waals surface area contributed by atoms with Gasteiger partial charge in [-0.05, 0) is 13.0 Å². The van der Waals surface area contributed by atoms with Crippen molar-refractivity contribution < 1.29 is 0 Å². The van der Waals surface area contributed by atoms with Crippen molar-refractivity contribution in [2.45, 2.75) is 13.3 Å². The summed E-state index contributed by atoms with van der Waals surface area (Å²) in [5.41, 5.74) is 3.03. The van der Waals surface area contributed by atoms with Crippen LogP contribution in [0.15, 0.2) is 35.8 Å². The Labute approximate surface area is 115 Å². The summed E-state index contributed by atoms with van der Waals surface area (Å²) < 4.78 is 0. The Morgan fingerprint density at radius 2 is 2.16 bits per heavy atom. The van der Waals surface area contributed by atoms with Crippen LogP contribution in [0.5, 0.6) is 0 Å². The van der Waals surface area contributed by atoms with Gasteiger partial charge in [0.05, 0.1) is 22.4 Å². The topological polar surface area (TPSA) is 50.7 Å². The summed E-state index contributed by atoms with van der Waals surface area (Å²) in [6.45, 7) is 2.87. The molecule has 3 aromatic rings. The van der Waals surface area contributed by atoms with Crippen molar-refractivity contribution in [3.8, 4) is 0 Å². The zero-order valence-corrected chi connectivity index (χ0v) is 11.4. The van der Waals surface area contributed by atoms with Crippen LogP contribution in [0.2, 0.25) is 0 Å². The molecule has 4 nitrogen and oxygen atoms in total. The van der Waals surface area contributed by atoms with Gasteiger partial charge in [-0.15, -0.1) is 11.3 Å². The smallest absolute Gasteiger partial charge is 0.0950 e. The Balaban J connectivity index is 1.71. The number of benzene rings is 1. The zero-order chi connectivity index (χ0) is 13.1. The van der Waals surface area contributed by atoms with E-state index in [-0.39, 0.29) is 0 Å². The molecule has 0 spiro atoms. The van der Waals surface area contributed by atoms with Gasteiger partial charge in [-0.1, -0.05) is 18.2 Å². The number of nitrogens with one attached hydrogen (secondary N) is 1.